The van der Waals surface area contributed by atoms with Gasteiger partial charge in [0.05, 0.1) is 11.3 Å². The van der Waals surface area contributed by atoms with E-state index in [9.17, 15) is 9.59 Å². The van der Waals surface area contributed by atoms with Gasteiger partial charge in [0.25, 0.3) is 11.8 Å². The van der Waals surface area contributed by atoms with E-state index in [4.69, 9.17) is 4.42 Å². The highest BCUT2D eigenvalue weighted by Crippen LogP contribution is 2.28. The van der Waals surface area contributed by atoms with Crippen LogP contribution in [0, 0.1) is 19.8 Å². The summed E-state index contributed by atoms with van der Waals surface area (Å²) in [5.41, 5.74) is 2.19. The third kappa shape index (κ3) is 3.60. The Hall–Kier alpha value is -2.67. The molecule has 3 aromatic rings. The Morgan fingerprint density at radius 3 is 2.78 bits per heavy atom. The van der Waals surface area contributed by atoms with Crippen LogP contribution < -0.4 is 10.6 Å². The van der Waals surface area contributed by atoms with Crippen LogP contribution in [0.15, 0.2) is 34.7 Å². The molecule has 1 aliphatic rings. The summed E-state index contributed by atoms with van der Waals surface area (Å²) in [5, 5.41) is 6.90. The summed E-state index contributed by atoms with van der Waals surface area (Å²) in [6.07, 6.45) is 1.91. The number of carbonyl (C=O) groups excluding carboxylic acids is 2. The largest absolute Gasteiger partial charge is 0.461 e. The van der Waals surface area contributed by atoms with Crippen molar-refractivity contribution in [1.29, 1.82) is 0 Å². The average Bonchev–Trinajstić information content (AvgIpc) is 3.22. The van der Waals surface area contributed by atoms with Crippen LogP contribution >= 0.6 is 11.5 Å². The van der Waals surface area contributed by atoms with E-state index in [0.29, 0.717) is 17.0 Å². The molecule has 2 amide bonds. The molecule has 0 saturated heterocycles. The Labute approximate surface area is 161 Å². The predicted octanol–water partition coefficient (Wildman–Crippen LogP) is 3.44. The number of nitrogens with zero attached hydrogens (tertiary/aromatic N) is 1. The molecule has 1 fully saturated rings. The summed E-state index contributed by atoms with van der Waals surface area (Å²) in [6, 6.07) is 9.25. The van der Waals surface area contributed by atoms with E-state index in [1.165, 1.54) is 11.5 Å². The molecule has 2 atom stereocenters. The van der Waals surface area contributed by atoms with E-state index in [0.717, 1.165) is 35.3 Å². The molecule has 0 spiro atoms. The molecule has 0 unspecified atom stereocenters. The predicted molar refractivity (Wildman–Crippen MR) is 104 cm³/mol. The van der Waals surface area contributed by atoms with E-state index >= 15 is 0 Å². The third-order valence-electron chi connectivity index (χ3n) is 5.04. The molecule has 1 aliphatic carbocycles. The van der Waals surface area contributed by atoms with Crippen molar-refractivity contribution in [2.45, 2.75) is 32.7 Å². The highest BCUT2D eigenvalue weighted by Gasteiger charge is 2.33. The van der Waals surface area contributed by atoms with E-state index in [1.807, 2.05) is 38.1 Å². The average molecular weight is 383 g/mol. The first-order chi connectivity index (χ1) is 13.0. The number of furan rings is 1. The van der Waals surface area contributed by atoms with Gasteiger partial charge < -0.3 is 15.1 Å². The third-order valence-corrected chi connectivity index (χ3v) is 5.92. The van der Waals surface area contributed by atoms with Gasteiger partial charge in [0, 0.05) is 18.0 Å². The quantitative estimate of drug-likeness (QED) is 0.707. The standard InChI is InChI=1S/C20H21N3O3S/c1-11-8-18(27-23-11)20(25)21-10-13-6-7-16(13)22-19(24)14-4-3-5-17-15(14)9-12(2)26-17/h3-5,8-9,13,16H,6-7,10H2,1-2H3,(H,21,25)(H,22,24)/t13-,16+/m0/s1. The van der Waals surface area contributed by atoms with Gasteiger partial charge >= 0.3 is 0 Å². The number of nitrogens with one attached hydrogen (secondary N) is 2. The van der Waals surface area contributed by atoms with Crippen LogP contribution in [0.2, 0.25) is 0 Å². The second-order valence-electron chi connectivity index (χ2n) is 7.03. The number of carbonyl (C=O) groups is 2. The molecule has 0 bridgehead atoms. The van der Waals surface area contributed by atoms with Crippen LogP contribution in [-0.4, -0.2) is 28.8 Å². The molecule has 1 aromatic carbocycles. The van der Waals surface area contributed by atoms with E-state index < -0.39 is 0 Å². The van der Waals surface area contributed by atoms with E-state index in [-0.39, 0.29) is 23.8 Å². The molecule has 0 radical (unpaired) electrons. The first-order valence-corrected chi connectivity index (χ1v) is 9.80. The lowest BCUT2D eigenvalue weighted by Gasteiger charge is -2.37. The maximum absolute atomic E-state index is 12.7. The van der Waals surface area contributed by atoms with Gasteiger partial charge in [0.15, 0.2) is 0 Å². The number of benzene rings is 1. The number of hydrogen-bond acceptors (Lipinski definition) is 5. The second-order valence-corrected chi connectivity index (χ2v) is 7.84. The van der Waals surface area contributed by atoms with Gasteiger partial charge in [-0.2, -0.15) is 4.37 Å². The zero-order valence-electron chi connectivity index (χ0n) is 15.2. The van der Waals surface area contributed by atoms with Crippen LogP contribution in [0.3, 0.4) is 0 Å². The molecule has 7 heteroatoms. The summed E-state index contributed by atoms with van der Waals surface area (Å²) in [5.74, 6) is 0.835. The SMILES string of the molecule is Cc1cc(C(=O)NC[C@@H]2CC[C@H]2NC(=O)c2cccc3oc(C)cc23)sn1. The van der Waals surface area contributed by atoms with Crippen LogP contribution in [0.1, 0.15) is 44.3 Å². The summed E-state index contributed by atoms with van der Waals surface area (Å²) >= 11 is 1.21. The number of amides is 2. The molecular weight excluding hydrogens is 362 g/mol. The number of aromatic nitrogens is 1. The van der Waals surface area contributed by atoms with Crippen molar-refractivity contribution in [3.63, 3.8) is 0 Å². The normalized spacial score (nSPS) is 18.9. The van der Waals surface area contributed by atoms with Crippen LogP contribution in [0.4, 0.5) is 0 Å². The van der Waals surface area contributed by atoms with Crippen LogP contribution in [-0.2, 0) is 0 Å². The van der Waals surface area contributed by atoms with Gasteiger partial charge in [-0.1, -0.05) is 6.07 Å². The topological polar surface area (TPSA) is 84.2 Å². The highest BCUT2D eigenvalue weighted by atomic mass is 32.1. The smallest absolute Gasteiger partial charge is 0.263 e. The molecule has 6 nitrogen and oxygen atoms in total. The lowest BCUT2D eigenvalue weighted by Crippen LogP contribution is -2.50. The molecule has 0 aliphatic heterocycles. The number of fused-ring (bicyclic) bond motifs is 1. The molecule has 1 saturated carbocycles. The van der Waals surface area contributed by atoms with Crippen molar-refractivity contribution in [1.82, 2.24) is 15.0 Å². The lowest BCUT2D eigenvalue weighted by atomic mass is 9.79. The zero-order valence-corrected chi connectivity index (χ0v) is 16.1. The fraction of sp³-hybridized carbons (Fsp3) is 0.350. The monoisotopic (exact) mass is 383 g/mol. The first kappa shape index (κ1) is 17.7. The lowest BCUT2D eigenvalue weighted by molar-refractivity contribution is 0.0861. The fourth-order valence-corrected chi connectivity index (χ4v) is 4.09. The number of rotatable bonds is 5. The Balaban J connectivity index is 1.36. The zero-order chi connectivity index (χ0) is 19.0. The number of aryl methyl sites for hydroxylation is 2. The van der Waals surface area contributed by atoms with Crippen molar-refractivity contribution in [2.75, 3.05) is 6.54 Å². The summed E-state index contributed by atoms with van der Waals surface area (Å²) in [7, 11) is 0. The van der Waals surface area contributed by atoms with Gasteiger partial charge in [-0.25, -0.2) is 0 Å². The van der Waals surface area contributed by atoms with Crippen LogP contribution in [0.25, 0.3) is 11.0 Å². The van der Waals surface area contributed by atoms with Gasteiger partial charge in [-0.05, 0) is 68.4 Å². The van der Waals surface area contributed by atoms with Gasteiger partial charge in [0.1, 0.15) is 16.2 Å². The fourth-order valence-electron chi connectivity index (χ4n) is 3.42. The summed E-state index contributed by atoms with van der Waals surface area (Å²) in [6.45, 7) is 4.29. The Bertz CT molecular complexity index is 1010. The minimum atomic E-state index is -0.101. The molecule has 140 valence electrons. The maximum atomic E-state index is 12.7. The van der Waals surface area contributed by atoms with Crippen molar-refractivity contribution in [2.24, 2.45) is 5.92 Å². The summed E-state index contributed by atoms with van der Waals surface area (Å²) in [4.78, 5) is 25.5. The second kappa shape index (κ2) is 7.15. The molecule has 2 aromatic heterocycles. The minimum absolute atomic E-state index is 0.0734. The van der Waals surface area contributed by atoms with Gasteiger partial charge in [0.2, 0.25) is 0 Å². The Morgan fingerprint density at radius 1 is 1.22 bits per heavy atom. The number of hydrogen-bond donors (Lipinski definition) is 2. The van der Waals surface area contributed by atoms with E-state index in [2.05, 4.69) is 15.0 Å². The molecule has 2 heterocycles. The Morgan fingerprint density at radius 2 is 2.07 bits per heavy atom. The van der Waals surface area contributed by atoms with Gasteiger partial charge in [-0.15, -0.1) is 0 Å². The molecule has 2 N–H and O–H groups in total. The molecular formula is C20H21N3O3S. The Kier molecular flexibility index (Phi) is 4.70. The van der Waals surface area contributed by atoms with Crippen LogP contribution in [0.5, 0.6) is 0 Å². The van der Waals surface area contributed by atoms with Crippen molar-refractivity contribution in [3.8, 4) is 0 Å². The molecule has 4 rings (SSSR count). The minimum Gasteiger partial charge on any atom is -0.461 e. The van der Waals surface area contributed by atoms with Crippen molar-refractivity contribution in [3.05, 3.63) is 52.2 Å². The highest BCUT2D eigenvalue weighted by molar-refractivity contribution is 7.08. The molecule has 27 heavy (non-hydrogen) atoms. The first-order valence-electron chi connectivity index (χ1n) is 9.03. The van der Waals surface area contributed by atoms with Crippen molar-refractivity contribution < 1.29 is 14.0 Å². The summed E-state index contributed by atoms with van der Waals surface area (Å²) < 4.78 is 9.73. The maximum Gasteiger partial charge on any atom is 0.263 e. The van der Waals surface area contributed by atoms with Gasteiger partial charge in [-0.3, -0.25) is 9.59 Å². The van der Waals surface area contributed by atoms with E-state index in [1.54, 1.807) is 6.07 Å². The van der Waals surface area contributed by atoms with Crippen molar-refractivity contribution >= 4 is 34.3 Å².